The normalized spacial score (nSPS) is 11.9. The summed E-state index contributed by atoms with van der Waals surface area (Å²) in [6.45, 7) is 0. The van der Waals surface area contributed by atoms with E-state index in [0.29, 0.717) is 5.69 Å². The number of nitrogens with zero attached hydrogens (tertiary/aromatic N) is 1. The molecule has 0 amide bonds. The quantitative estimate of drug-likeness (QED) is 0.685. The van der Waals surface area contributed by atoms with E-state index in [1.165, 1.54) is 26.2 Å². The minimum atomic E-state index is -3.50. The molecule has 0 aliphatic rings. The Hall–Kier alpha value is -1.27. The number of rotatable bonds is 2. The highest BCUT2D eigenvalue weighted by molar-refractivity contribution is 7.89. The van der Waals surface area contributed by atoms with Crippen LogP contribution >= 0.6 is 0 Å². The van der Waals surface area contributed by atoms with E-state index in [0.717, 1.165) is 4.31 Å². The van der Waals surface area contributed by atoms with Crippen LogP contribution in [0.2, 0.25) is 0 Å². The first-order chi connectivity index (χ1) is 6.35. The average molecular weight is 215 g/mol. The van der Waals surface area contributed by atoms with Gasteiger partial charge in [0.2, 0.25) is 10.0 Å². The van der Waals surface area contributed by atoms with E-state index in [1.54, 1.807) is 6.07 Å². The average Bonchev–Trinajstić information content (AvgIpc) is 2.08. The molecular weight excluding hydrogens is 202 g/mol. The van der Waals surface area contributed by atoms with E-state index >= 15 is 0 Å². The molecule has 0 spiro atoms. The number of sulfonamides is 1. The second-order valence-electron chi connectivity index (χ2n) is 3.08. The summed E-state index contributed by atoms with van der Waals surface area (Å²) >= 11 is 0. The number of nitrogen functional groups attached to an aromatic ring is 2. The zero-order valence-corrected chi connectivity index (χ0v) is 8.88. The number of hydrogen-bond donors (Lipinski definition) is 2. The van der Waals surface area contributed by atoms with Gasteiger partial charge in [0.1, 0.15) is 4.90 Å². The molecule has 0 bridgehead atoms. The van der Waals surface area contributed by atoms with Gasteiger partial charge in [-0.15, -0.1) is 0 Å². The van der Waals surface area contributed by atoms with Crippen LogP contribution in [-0.2, 0) is 10.0 Å². The highest BCUT2D eigenvalue weighted by Crippen LogP contribution is 2.22. The molecule has 0 unspecified atom stereocenters. The van der Waals surface area contributed by atoms with Crippen molar-refractivity contribution in [3.63, 3.8) is 0 Å². The molecule has 0 saturated carbocycles. The van der Waals surface area contributed by atoms with Crippen LogP contribution in [0.5, 0.6) is 0 Å². The molecule has 0 aromatic heterocycles. The molecule has 78 valence electrons. The molecule has 1 rings (SSSR count). The maximum atomic E-state index is 11.7. The topological polar surface area (TPSA) is 89.4 Å². The van der Waals surface area contributed by atoms with Gasteiger partial charge in [0.25, 0.3) is 0 Å². The third-order valence-electron chi connectivity index (χ3n) is 1.80. The summed E-state index contributed by atoms with van der Waals surface area (Å²) in [5.41, 5.74) is 11.6. The Bertz CT molecular complexity index is 440. The van der Waals surface area contributed by atoms with Crippen molar-refractivity contribution < 1.29 is 8.42 Å². The van der Waals surface area contributed by atoms with Crippen molar-refractivity contribution >= 4 is 21.4 Å². The Balaban J connectivity index is 3.40. The van der Waals surface area contributed by atoms with Gasteiger partial charge in [0.15, 0.2) is 0 Å². The fourth-order valence-corrected chi connectivity index (χ4v) is 2.02. The van der Waals surface area contributed by atoms with Crippen molar-refractivity contribution in [2.45, 2.75) is 4.90 Å². The maximum absolute atomic E-state index is 11.7. The van der Waals surface area contributed by atoms with E-state index < -0.39 is 10.0 Å². The number of anilines is 2. The van der Waals surface area contributed by atoms with Crippen molar-refractivity contribution in [2.75, 3.05) is 25.6 Å². The molecule has 14 heavy (non-hydrogen) atoms. The fourth-order valence-electron chi connectivity index (χ4n) is 0.971. The first-order valence-electron chi connectivity index (χ1n) is 3.93. The minimum absolute atomic E-state index is 0.0440. The minimum Gasteiger partial charge on any atom is -0.399 e. The van der Waals surface area contributed by atoms with Crippen LogP contribution in [0.3, 0.4) is 0 Å². The van der Waals surface area contributed by atoms with Gasteiger partial charge in [-0.2, -0.15) is 0 Å². The molecule has 0 atom stereocenters. The number of nitrogens with two attached hydrogens (primary N) is 2. The highest BCUT2D eigenvalue weighted by Gasteiger charge is 2.20. The Morgan fingerprint density at radius 1 is 1.21 bits per heavy atom. The van der Waals surface area contributed by atoms with Gasteiger partial charge in [-0.05, 0) is 18.2 Å². The molecular formula is C8H13N3O2S. The second-order valence-corrected chi connectivity index (χ2v) is 5.20. The van der Waals surface area contributed by atoms with Crippen molar-refractivity contribution in [1.82, 2.24) is 4.31 Å². The summed E-state index contributed by atoms with van der Waals surface area (Å²) in [6, 6.07) is 4.39. The molecule has 0 aliphatic heterocycles. The zero-order valence-electron chi connectivity index (χ0n) is 8.06. The van der Waals surface area contributed by atoms with Gasteiger partial charge in [0.05, 0.1) is 5.69 Å². The standard InChI is InChI=1S/C8H13N3O2S/c1-11(2)14(12,13)8-5-6(9)3-4-7(8)10/h3-5H,9-10H2,1-2H3. The summed E-state index contributed by atoms with van der Waals surface area (Å²) in [6.07, 6.45) is 0. The van der Waals surface area contributed by atoms with Crippen LogP contribution in [0.15, 0.2) is 23.1 Å². The molecule has 4 N–H and O–H groups in total. The molecule has 1 aromatic rings. The molecule has 0 heterocycles. The summed E-state index contributed by atoms with van der Waals surface area (Å²) in [5, 5.41) is 0. The Morgan fingerprint density at radius 3 is 2.29 bits per heavy atom. The van der Waals surface area contributed by atoms with Crippen LogP contribution in [0.25, 0.3) is 0 Å². The maximum Gasteiger partial charge on any atom is 0.244 e. The Morgan fingerprint density at radius 2 is 1.79 bits per heavy atom. The summed E-state index contributed by atoms with van der Waals surface area (Å²) in [7, 11) is -0.617. The van der Waals surface area contributed by atoms with Gasteiger partial charge in [-0.3, -0.25) is 0 Å². The summed E-state index contributed by atoms with van der Waals surface area (Å²) in [5.74, 6) is 0. The predicted octanol–water partition coefficient (Wildman–Crippen LogP) is 0.101. The third kappa shape index (κ3) is 1.80. The fraction of sp³-hybridized carbons (Fsp3) is 0.250. The van der Waals surface area contributed by atoms with Crippen molar-refractivity contribution in [3.8, 4) is 0 Å². The largest absolute Gasteiger partial charge is 0.399 e. The highest BCUT2D eigenvalue weighted by atomic mass is 32.2. The Labute approximate surface area is 83.4 Å². The molecule has 0 fully saturated rings. The van der Waals surface area contributed by atoms with Crippen LogP contribution < -0.4 is 11.5 Å². The van der Waals surface area contributed by atoms with Gasteiger partial charge in [-0.1, -0.05) is 0 Å². The smallest absolute Gasteiger partial charge is 0.244 e. The van der Waals surface area contributed by atoms with Crippen LogP contribution in [0, 0.1) is 0 Å². The van der Waals surface area contributed by atoms with E-state index in [4.69, 9.17) is 11.5 Å². The molecule has 0 radical (unpaired) electrons. The van der Waals surface area contributed by atoms with E-state index in [1.807, 2.05) is 0 Å². The van der Waals surface area contributed by atoms with Gasteiger partial charge in [0, 0.05) is 19.8 Å². The van der Waals surface area contributed by atoms with Crippen LogP contribution in [-0.4, -0.2) is 26.8 Å². The predicted molar refractivity (Wildman–Crippen MR) is 56.1 cm³/mol. The number of hydrogen-bond acceptors (Lipinski definition) is 4. The van der Waals surface area contributed by atoms with Gasteiger partial charge >= 0.3 is 0 Å². The van der Waals surface area contributed by atoms with Gasteiger partial charge in [-0.25, -0.2) is 12.7 Å². The third-order valence-corrected chi connectivity index (χ3v) is 3.67. The lowest BCUT2D eigenvalue weighted by molar-refractivity contribution is 0.521. The lowest BCUT2D eigenvalue weighted by Gasteiger charge is -2.13. The second kappa shape index (κ2) is 3.47. The van der Waals surface area contributed by atoms with E-state index in [9.17, 15) is 8.42 Å². The first kappa shape index (κ1) is 10.8. The van der Waals surface area contributed by atoms with E-state index in [-0.39, 0.29) is 10.6 Å². The van der Waals surface area contributed by atoms with Crippen LogP contribution in [0.4, 0.5) is 11.4 Å². The van der Waals surface area contributed by atoms with E-state index in [2.05, 4.69) is 0 Å². The first-order valence-corrected chi connectivity index (χ1v) is 5.37. The molecule has 0 saturated heterocycles. The van der Waals surface area contributed by atoms with Gasteiger partial charge < -0.3 is 11.5 Å². The molecule has 5 nitrogen and oxygen atoms in total. The molecule has 0 aliphatic carbocycles. The summed E-state index contributed by atoms with van der Waals surface area (Å²) < 4.78 is 24.5. The lowest BCUT2D eigenvalue weighted by atomic mass is 10.3. The SMILES string of the molecule is CN(C)S(=O)(=O)c1cc(N)ccc1N. The van der Waals surface area contributed by atoms with Crippen molar-refractivity contribution in [2.24, 2.45) is 0 Å². The zero-order chi connectivity index (χ0) is 10.9. The van der Waals surface area contributed by atoms with Crippen LogP contribution in [0.1, 0.15) is 0 Å². The monoisotopic (exact) mass is 215 g/mol. The Kier molecular flexibility index (Phi) is 2.68. The summed E-state index contributed by atoms with van der Waals surface area (Å²) in [4.78, 5) is 0.0440. The van der Waals surface area contributed by atoms with Crippen molar-refractivity contribution in [1.29, 1.82) is 0 Å². The number of benzene rings is 1. The molecule has 6 heteroatoms. The van der Waals surface area contributed by atoms with Crippen molar-refractivity contribution in [3.05, 3.63) is 18.2 Å². The molecule has 1 aromatic carbocycles. The lowest BCUT2D eigenvalue weighted by Crippen LogP contribution is -2.23.